The minimum Gasteiger partial charge on any atom is -0.481 e. The maximum atomic E-state index is 9.61. The number of ether oxygens (including phenoxy) is 2. The van der Waals surface area contributed by atoms with Gasteiger partial charge in [0, 0.05) is 0 Å². The Bertz CT molecular complexity index is 358. The molecule has 1 aromatic heterocycles. The fourth-order valence-electron chi connectivity index (χ4n) is 1.06. The van der Waals surface area contributed by atoms with Crippen LogP contribution in [0.1, 0.15) is 20.8 Å². The van der Waals surface area contributed by atoms with Crippen LogP contribution in [0.3, 0.4) is 0 Å². The van der Waals surface area contributed by atoms with Crippen molar-refractivity contribution in [3.05, 3.63) is 6.07 Å². The van der Waals surface area contributed by atoms with Crippen molar-refractivity contribution in [3.8, 4) is 11.8 Å². The second kappa shape index (κ2) is 5.18. The van der Waals surface area contributed by atoms with Crippen LogP contribution in [0.2, 0.25) is 0 Å². The van der Waals surface area contributed by atoms with Crippen LogP contribution >= 0.6 is 0 Å². The summed E-state index contributed by atoms with van der Waals surface area (Å²) >= 11 is 0. The maximum Gasteiger partial charge on any atom is 0.229 e. The largest absolute Gasteiger partial charge is 0.481 e. The van der Waals surface area contributed by atoms with Gasteiger partial charge in [0.05, 0.1) is 31.9 Å². The molecule has 6 heteroatoms. The summed E-state index contributed by atoms with van der Waals surface area (Å²) < 4.78 is 10.1. The van der Waals surface area contributed by atoms with E-state index in [9.17, 15) is 5.11 Å². The van der Waals surface area contributed by atoms with Crippen LogP contribution in [0, 0.1) is 0 Å². The van der Waals surface area contributed by atoms with E-state index in [2.05, 4.69) is 15.3 Å². The molecule has 1 aromatic rings. The molecule has 1 atom stereocenters. The molecule has 0 spiro atoms. The van der Waals surface area contributed by atoms with Crippen molar-refractivity contribution in [3.63, 3.8) is 0 Å². The van der Waals surface area contributed by atoms with Crippen LogP contribution in [0.15, 0.2) is 6.07 Å². The number of aliphatic hydroxyl groups is 1. The molecule has 0 fully saturated rings. The molecular formula is C11H19N3O3. The second-order valence-electron chi connectivity index (χ2n) is 4.30. The van der Waals surface area contributed by atoms with Gasteiger partial charge in [0.2, 0.25) is 17.7 Å². The van der Waals surface area contributed by atoms with Crippen LogP contribution in [0.5, 0.6) is 11.8 Å². The molecule has 0 amide bonds. The van der Waals surface area contributed by atoms with Gasteiger partial charge in [-0.1, -0.05) is 0 Å². The van der Waals surface area contributed by atoms with Crippen molar-refractivity contribution in [1.82, 2.24) is 9.97 Å². The molecule has 2 N–H and O–H groups in total. The molecule has 0 radical (unpaired) electrons. The predicted octanol–water partition coefficient (Wildman–Crippen LogP) is 1.07. The molecule has 1 rings (SSSR count). The van der Waals surface area contributed by atoms with Gasteiger partial charge in [0.1, 0.15) is 0 Å². The zero-order chi connectivity index (χ0) is 13.1. The van der Waals surface area contributed by atoms with E-state index in [0.29, 0.717) is 17.7 Å². The topological polar surface area (TPSA) is 76.5 Å². The minimum atomic E-state index is -0.553. The average molecular weight is 241 g/mol. The molecule has 0 bridgehead atoms. The Kier molecular flexibility index (Phi) is 4.11. The van der Waals surface area contributed by atoms with Gasteiger partial charge in [0.25, 0.3) is 0 Å². The molecule has 17 heavy (non-hydrogen) atoms. The van der Waals surface area contributed by atoms with Gasteiger partial charge in [-0.25, -0.2) is 0 Å². The molecule has 0 aliphatic heterocycles. The summed E-state index contributed by atoms with van der Waals surface area (Å²) in [5.41, 5.74) is -0.544. The molecule has 0 aliphatic carbocycles. The molecule has 96 valence electrons. The highest BCUT2D eigenvalue weighted by Crippen LogP contribution is 2.21. The number of hydrogen-bond acceptors (Lipinski definition) is 6. The summed E-state index contributed by atoms with van der Waals surface area (Å²) in [6.45, 7) is 5.41. The second-order valence-corrected chi connectivity index (χ2v) is 4.30. The third kappa shape index (κ3) is 3.45. The number of hydrogen-bond donors (Lipinski definition) is 2. The highest BCUT2D eigenvalue weighted by atomic mass is 16.5. The van der Waals surface area contributed by atoms with Gasteiger partial charge in [-0.3, -0.25) is 0 Å². The highest BCUT2D eigenvalue weighted by Gasteiger charge is 2.25. The first-order valence-corrected chi connectivity index (χ1v) is 5.32. The Balaban J connectivity index is 2.98. The number of aliphatic hydroxyl groups excluding tert-OH is 1. The van der Waals surface area contributed by atoms with Gasteiger partial charge >= 0.3 is 0 Å². The van der Waals surface area contributed by atoms with E-state index in [4.69, 9.17) is 9.47 Å². The van der Waals surface area contributed by atoms with E-state index in [1.807, 2.05) is 13.8 Å². The first kappa shape index (κ1) is 13.5. The molecule has 1 heterocycles. The van der Waals surface area contributed by atoms with E-state index in [-0.39, 0.29) is 0 Å². The van der Waals surface area contributed by atoms with Crippen molar-refractivity contribution in [2.45, 2.75) is 32.4 Å². The molecule has 0 saturated heterocycles. The van der Waals surface area contributed by atoms with E-state index >= 15 is 0 Å². The van der Waals surface area contributed by atoms with Crippen LogP contribution in [-0.2, 0) is 0 Å². The molecule has 0 aliphatic rings. The summed E-state index contributed by atoms with van der Waals surface area (Å²) in [6, 6.07) is 1.58. The van der Waals surface area contributed by atoms with Crippen LogP contribution in [-0.4, -0.2) is 40.9 Å². The Hall–Kier alpha value is -1.56. The Labute approximate surface area is 101 Å². The smallest absolute Gasteiger partial charge is 0.229 e. The number of nitrogens with one attached hydrogen (secondary N) is 1. The lowest BCUT2D eigenvalue weighted by Crippen LogP contribution is -2.42. The average Bonchev–Trinajstić information content (AvgIpc) is 2.27. The number of methoxy groups -OCH3 is 2. The number of rotatable bonds is 5. The van der Waals surface area contributed by atoms with Gasteiger partial charge < -0.3 is 19.9 Å². The Morgan fingerprint density at radius 3 is 2.06 bits per heavy atom. The molecule has 6 nitrogen and oxygen atoms in total. The highest BCUT2D eigenvalue weighted by molar-refractivity contribution is 5.36. The predicted molar refractivity (Wildman–Crippen MR) is 64.5 cm³/mol. The fourth-order valence-corrected chi connectivity index (χ4v) is 1.06. The molecular weight excluding hydrogens is 222 g/mol. The van der Waals surface area contributed by atoms with Crippen LogP contribution in [0.25, 0.3) is 0 Å². The molecule has 1 unspecified atom stereocenters. The summed E-state index contributed by atoms with van der Waals surface area (Å²) in [7, 11) is 3.04. The lowest BCUT2D eigenvalue weighted by atomic mass is 9.99. The van der Waals surface area contributed by atoms with E-state index in [0.717, 1.165) is 0 Å². The zero-order valence-corrected chi connectivity index (χ0v) is 10.8. The van der Waals surface area contributed by atoms with Gasteiger partial charge in [-0.05, 0) is 20.8 Å². The third-order valence-electron chi connectivity index (χ3n) is 2.58. The molecule has 0 aromatic carbocycles. The summed E-state index contributed by atoms with van der Waals surface area (Å²) in [4.78, 5) is 8.26. The van der Waals surface area contributed by atoms with Crippen LogP contribution in [0.4, 0.5) is 5.95 Å². The maximum absolute atomic E-state index is 9.61. The summed E-state index contributed by atoms with van der Waals surface area (Å²) in [5, 5.41) is 12.6. The Morgan fingerprint density at radius 1 is 1.24 bits per heavy atom. The molecule has 0 saturated carbocycles. The normalized spacial score (nSPS) is 13.1. The lowest BCUT2D eigenvalue weighted by Gasteiger charge is -2.29. The SMILES string of the molecule is COc1cc(OC)nc(NC(C)(C)C(C)O)n1. The standard InChI is InChI=1S/C11H19N3O3/c1-7(15)11(2,3)14-10-12-8(16-4)6-9(13-10)17-5/h6-7,15H,1-5H3,(H,12,13,14). The quantitative estimate of drug-likeness (QED) is 0.803. The van der Waals surface area contributed by atoms with Crippen molar-refractivity contribution in [2.24, 2.45) is 0 Å². The zero-order valence-electron chi connectivity index (χ0n) is 10.8. The first-order chi connectivity index (χ1) is 7.89. The monoisotopic (exact) mass is 241 g/mol. The third-order valence-corrected chi connectivity index (χ3v) is 2.58. The van der Waals surface area contributed by atoms with Crippen molar-refractivity contribution in [2.75, 3.05) is 19.5 Å². The fraction of sp³-hybridized carbons (Fsp3) is 0.636. The van der Waals surface area contributed by atoms with Crippen LogP contribution < -0.4 is 14.8 Å². The summed E-state index contributed by atoms with van der Waals surface area (Å²) in [6.07, 6.45) is -0.553. The Morgan fingerprint density at radius 2 is 1.71 bits per heavy atom. The van der Waals surface area contributed by atoms with Crippen molar-refractivity contribution < 1.29 is 14.6 Å². The van der Waals surface area contributed by atoms with E-state index in [1.165, 1.54) is 14.2 Å². The van der Waals surface area contributed by atoms with Gasteiger partial charge in [0.15, 0.2) is 0 Å². The van der Waals surface area contributed by atoms with Gasteiger partial charge in [-0.2, -0.15) is 9.97 Å². The summed E-state index contributed by atoms with van der Waals surface area (Å²) in [5.74, 6) is 1.16. The van der Waals surface area contributed by atoms with E-state index < -0.39 is 11.6 Å². The first-order valence-electron chi connectivity index (χ1n) is 5.32. The van der Waals surface area contributed by atoms with Gasteiger partial charge in [-0.15, -0.1) is 0 Å². The lowest BCUT2D eigenvalue weighted by molar-refractivity contribution is 0.132. The minimum absolute atomic E-state index is 0.354. The number of aromatic nitrogens is 2. The van der Waals surface area contributed by atoms with Crippen molar-refractivity contribution >= 4 is 5.95 Å². The number of anilines is 1. The number of nitrogens with zero attached hydrogens (tertiary/aromatic N) is 2. The van der Waals surface area contributed by atoms with Crippen molar-refractivity contribution in [1.29, 1.82) is 0 Å². The van der Waals surface area contributed by atoms with E-state index in [1.54, 1.807) is 13.0 Å².